The van der Waals surface area contributed by atoms with Crippen LogP contribution in [0.3, 0.4) is 0 Å². The van der Waals surface area contributed by atoms with Gasteiger partial charge < -0.3 is 10.2 Å². The van der Waals surface area contributed by atoms with Gasteiger partial charge >= 0.3 is 5.97 Å². The fourth-order valence-corrected chi connectivity index (χ4v) is 1.63. The highest BCUT2D eigenvalue weighted by Gasteiger charge is 2.29. The Labute approximate surface area is 99.7 Å². The second-order valence-corrected chi connectivity index (χ2v) is 4.96. The van der Waals surface area contributed by atoms with Gasteiger partial charge in [-0.15, -0.1) is 0 Å². The first-order valence-electron chi connectivity index (χ1n) is 4.96. The third-order valence-corrected chi connectivity index (χ3v) is 2.97. The van der Waals surface area contributed by atoms with Crippen molar-refractivity contribution in [3.8, 4) is 5.75 Å². The fourth-order valence-electron chi connectivity index (χ4n) is 1.45. The highest BCUT2D eigenvalue weighted by Crippen LogP contribution is 2.34. The Hall–Kier alpha value is -1.22. The van der Waals surface area contributed by atoms with E-state index in [9.17, 15) is 9.90 Å². The van der Waals surface area contributed by atoms with Gasteiger partial charge in [-0.1, -0.05) is 17.7 Å². The molecule has 16 heavy (non-hydrogen) atoms. The smallest absolute Gasteiger partial charge is 0.309 e. The highest BCUT2D eigenvalue weighted by molar-refractivity contribution is 6.32. The number of aryl methyl sites for hydroxylation is 1. The number of rotatable bonds is 3. The monoisotopic (exact) mass is 242 g/mol. The molecule has 4 heteroatoms. The van der Waals surface area contributed by atoms with Gasteiger partial charge in [-0.3, -0.25) is 4.79 Å². The molecule has 0 saturated heterocycles. The Bertz CT molecular complexity index is 425. The lowest BCUT2D eigenvalue weighted by atomic mass is 9.84. The maximum Gasteiger partial charge on any atom is 0.309 e. The molecule has 3 nitrogen and oxygen atoms in total. The van der Waals surface area contributed by atoms with E-state index < -0.39 is 11.4 Å². The summed E-state index contributed by atoms with van der Waals surface area (Å²) >= 11 is 5.80. The van der Waals surface area contributed by atoms with Crippen LogP contribution in [0, 0.1) is 12.3 Å². The number of carboxylic acids is 1. The molecule has 0 unspecified atom stereocenters. The predicted molar refractivity (Wildman–Crippen MR) is 63.0 cm³/mol. The summed E-state index contributed by atoms with van der Waals surface area (Å²) in [4.78, 5) is 11.0. The molecule has 0 bridgehead atoms. The zero-order valence-corrected chi connectivity index (χ0v) is 10.3. The maximum atomic E-state index is 11.0. The van der Waals surface area contributed by atoms with E-state index in [1.54, 1.807) is 26.0 Å². The van der Waals surface area contributed by atoms with Crippen LogP contribution in [0.1, 0.15) is 25.0 Å². The minimum absolute atomic E-state index is 0.0176. The first kappa shape index (κ1) is 12.8. The molecule has 0 aromatic heterocycles. The van der Waals surface area contributed by atoms with Crippen LogP contribution in [0.2, 0.25) is 5.02 Å². The summed E-state index contributed by atoms with van der Waals surface area (Å²) in [5.41, 5.74) is 0.517. The lowest BCUT2D eigenvalue weighted by Gasteiger charge is -2.21. The fraction of sp³-hybridized carbons (Fsp3) is 0.417. The van der Waals surface area contributed by atoms with Gasteiger partial charge in [0.1, 0.15) is 5.75 Å². The molecule has 1 aromatic carbocycles. The van der Waals surface area contributed by atoms with Crippen molar-refractivity contribution in [3.63, 3.8) is 0 Å². The van der Waals surface area contributed by atoms with Crippen molar-refractivity contribution >= 4 is 17.6 Å². The number of phenols is 1. The summed E-state index contributed by atoms with van der Waals surface area (Å²) in [5.74, 6) is -0.915. The number of halogens is 1. The molecule has 0 heterocycles. The summed E-state index contributed by atoms with van der Waals surface area (Å²) < 4.78 is 0. The van der Waals surface area contributed by atoms with E-state index in [4.69, 9.17) is 16.7 Å². The van der Waals surface area contributed by atoms with E-state index in [0.29, 0.717) is 5.56 Å². The molecule has 0 saturated carbocycles. The molecule has 2 N–H and O–H groups in total. The lowest BCUT2D eigenvalue weighted by molar-refractivity contribution is -0.146. The summed E-state index contributed by atoms with van der Waals surface area (Å²) in [5, 5.41) is 19.1. The van der Waals surface area contributed by atoms with Crippen molar-refractivity contribution in [1.82, 2.24) is 0 Å². The van der Waals surface area contributed by atoms with Crippen LogP contribution < -0.4 is 0 Å². The minimum Gasteiger partial charge on any atom is -0.506 e. The number of hydrogen-bond acceptors (Lipinski definition) is 2. The Morgan fingerprint density at radius 3 is 2.50 bits per heavy atom. The maximum absolute atomic E-state index is 11.0. The van der Waals surface area contributed by atoms with Gasteiger partial charge in [0.05, 0.1) is 10.4 Å². The average Bonchev–Trinajstić information content (AvgIpc) is 2.18. The number of benzene rings is 1. The molecule has 0 atom stereocenters. The third-order valence-electron chi connectivity index (χ3n) is 2.67. The normalized spacial score (nSPS) is 11.5. The van der Waals surface area contributed by atoms with Gasteiger partial charge in [0, 0.05) is 0 Å². The summed E-state index contributed by atoms with van der Waals surface area (Å²) in [6.45, 7) is 5.06. The van der Waals surface area contributed by atoms with Crippen LogP contribution in [0.15, 0.2) is 12.1 Å². The Kier molecular flexibility index (Phi) is 3.48. The molecule has 88 valence electrons. The summed E-state index contributed by atoms with van der Waals surface area (Å²) in [6.07, 6.45) is 0.251. The van der Waals surface area contributed by atoms with Crippen molar-refractivity contribution in [3.05, 3.63) is 28.3 Å². The van der Waals surface area contributed by atoms with Crippen LogP contribution in [0.4, 0.5) is 0 Å². The van der Waals surface area contributed by atoms with Gasteiger partial charge in [-0.2, -0.15) is 0 Å². The van der Waals surface area contributed by atoms with Crippen LogP contribution in [0.25, 0.3) is 0 Å². The van der Waals surface area contributed by atoms with Gasteiger partial charge in [-0.05, 0) is 44.4 Å². The standard InChI is InChI=1S/C12H15ClO3/c1-7-4-5-9(13)10(14)8(7)6-12(2,3)11(15)16/h4-5,14H,6H2,1-3H3,(H,15,16). The minimum atomic E-state index is -0.924. The molecular formula is C12H15ClO3. The quantitative estimate of drug-likeness (QED) is 0.857. The van der Waals surface area contributed by atoms with Crippen LogP contribution >= 0.6 is 11.6 Å². The van der Waals surface area contributed by atoms with Crippen molar-refractivity contribution < 1.29 is 15.0 Å². The molecule has 0 fully saturated rings. The molecule has 0 aliphatic rings. The van der Waals surface area contributed by atoms with Gasteiger partial charge in [0.15, 0.2) is 0 Å². The molecule has 0 radical (unpaired) electrons. The zero-order chi connectivity index (χ0) is 12.5. The van der Waals surface area contributed by atoms with E-state index >= 15 is 0 Å². The first-order chi connectivity index (χ1) is 7.25. The Morgan fingerprint density at radius 2 is 2.00 bits per heavy atom. The van der Waals surface area contributed by atoms with E-state index in [-0.39, 0.29) is 17.2 Å². The summed E-state index contributed by atoms with van der Waals surface area (Å²) in [6, 6.07) is 3.37. The number of hydrogen-bond donors (Lipinski definition) is 2. The summed E-state index contributed by atoms with van der Waals surface area (Å²) in [7, 11) is 0. The second-order valence-electron chi connectivity index (χ2n) is 4.56. The average molecular weight is 243 g/mol. The second kappa shape index (κ2) is 4.34. The predicted octanol–water partition coefficient (Wildman–Crippen LogP) is 3.01. The van der Waals surface area contributed by atoms with Crippen LogP contribution in [-0.4, -0.2) is 16.2 Å². The molecule has 0 spiro atoms. The molecule has 0 aliphatic heterocycles. The lowest BCUT2D eigenvalue weighted by Crippen LogP contribution is -2.26. The zero-order valence-electron chi connectivity index (χ0n) is 9.54. The molecule has 1 aromatic rings. The molecule has 0 aliphatic carbocycles. The number of carbonyl (C=O) groups is 1. The Balaban J connectivity index is 3.15. The Morgan fingerprint density at radius 1 is 1.44 bits per heavy atom. The van der Waals surface area contributed by atoms with Crippen LogP contribution in [0.5, 0.6) is 5.75 Å². The number of phenolic OH excluding ortho intramolecular Hbond substituents is 1. The molecule has 1 rings (SSSR count). The van der Waals surface area contributed by atoms with Gasteiger partial charge in [0.2, 0.25) is 0 Å². The topological polar surface area (TPSA) is 57.5 Å². The highest BCUT2D eigenvalue weighted by atomic mass is 35.5. The van der Waals surface area contributed by atoms with Crippen molar-refractivity contribution in [2.75, 3.05) is 0 Å². The van der Waals surface area contributed by atoms with Crippen molar-refractivity contribution in [2.24, 2.45) is 5.41 Å². The van der Waals surface area contributed by atoms with Gasteiger partial charge in [0.25, 0.3) is 0 Å². The molecule has 0 amide bonds. The van der Waals surface area contributed by atoms with Gasteiger partial charge in [-0.25, -0.2) is 0 Å². The number of carboxylic acid groups (broad SMARTS) is 1. The third kappa shape index (κ3) is 2.47. The number of aromatic hydroxyl groups is 1. The molecular weight excluding hydrogens is 228 g/mol. The van der Waals surface area contributed by atoms with E-state index in [1.807, 2.05) is 6.92 Å². The van der Waals surface area contributed by atoms with E-state index in [1.165, 1.54) is 0 Å². The van der Waals surface area contributed by atoms with E-state index in [2.05, 4.69) is 0 Å². The SMILES string of the molecule is Cc1ccc(Cl)c(O)c1CC(C)(C)C(=O)O. The van der Waals surface area contributed by atoms with Crippen molar-refractivity contribution in [2.45, 2.75) is 27.2 Å². The van der Waals surface area contributed by atoms with Crippen molar-refractivity contribution in [1.29, 1.82) is 0 Å². The number of aliphatic carboxylic acids is 1. The van der Waals surface area contributed by atoms with Crippen LogP contribution in [-0.2, 0) is 11.2 Å². The largest absolute Gasteiger partial charge is 0.506 e. The van der Waals surface area contributed by atoms with E-state index in [0.717, 1.165) is 5.56 Å². The first-order valence-corrected chi connectivity index (χ1v) is 5.34.